The number of nitro groups is 1. The van der Waals surface area contributed by atoms with Crippen molar-refractivity contribution in [1.82, 2.24) is 5.32 Å². The number of nitrogens with one attached hydrogen (secondary N) is 1. The molecule has 2 N–H and O–H groups in total. The zero-order valence-electron chi connectivity index (χ0n) is 22.8. The van der Waals surface area contributed by atoms with Crippen molar-refractivity contribution in [2.75, 3.05) is 13.7 Å². The van der Waals surface area contributed by atoms with Crippen molar-refractivity contribution >= 4 is 11.3 Å². The Balaban J connectivity index is 1.97. The van der Waals surface area contributed by atoms with Gasteiger partial charge >= 0.3 is 12.4 Å². The third kappa shape index (κ3) is 7.14. The van der Waals surface area contributed by atoms with Crippen LogP contribution in [0.4, 0.5) is 32.0 Å². The molecule has 12 heteroatoms. The van der Waals surface area contributed by atoms with E-state index in [-0.39, 0.29) is 23.7 Å². The Morgan fingerprint density at radius 3 is 2.15 bits per heavy atom. The van der Waals surface area contributed by atoms with Crippen LogP contribution in [0.25, 0.3) is 5.57 Å². The minimum atomic E-state index is -5.03. The zero-order valence-corrected chi connectivity index (χ0v) is 22.8. The maximum Gasteiger partial charge on any atom is 0.416 e. The van der Waals surface area contributed by atoms with Crippen molar-refractivity contribution in [1.29, 1.82) is 0 Å². The van der Waals surface area contributed by atoms with Crippen molar-refractivity contribution in [2.24, 2.45) is 5.41 Å². The molecule has 0 saturated heterocycles. The normalized spacial score (nSPS) is 17.5. The Labute approximate surface area is 228 Å². The van der Waals surface area contributed by atoms with Gasteiger partial charge in [0.1, 0.15) is 5.75 Å². The van der Waals surface area contributed by atoms with E-state index in [9.17, 15) is 41.6 Å². The highest BCUT2D eigenvalue weighted by atomic mass is 19.4. The number of hydrogen-bond acceptors (Lipinski definition) is 5. The van der Waals surface area contributed by atoms with Crippen LogP contribution in [-0.4, -0.2) is 29.7 Å². The third-order valence-corrected chi connectivity index (χ3v) is 7.27. The predicted molar refractivity (Wildman–Crippen MR) is 138 cm³/mol. The van der Waals surface area contributed by atoms with Gasteiger partial charge in [-0.25, -0.2) is 0 Å². The summed E-state index contributed by atoms with van der Waals surface area (Å²) in [4.78, 5) is 11.1. The van der Waals surface area contributed by atoms with Crippen LogP contribution in [0, 0.1) is 22.5 Å². The van der Waals surface area contributed by atoms with E-state index in [0.29, 0.717) is 41.9 Å². The van der Waals surface area contributed by atoms with E-state index < -0.39 is 46.1 Å². The fourth-order valence-electron chi connectivity index (χ4n) is 5.01. The van der Waals surface area contributed by atoms with Gasteiger partial charge in [0.2, 0.25) is 0 Å². The van der Waals surface area contributed by atoms with Gasteiger partial charge in [0, 0.05) is 29.8 Å². The lowest BCUT2D eigenvalue weighted by atomic mass is 9.72. The monoisotopic (exact) mass is 574 g/mol. The molecule has 0 heterocycles. The molecule has 2 atom stereocenters. The molecule has 0 amide bonds. The summed E-state index contributed by atoms with van der Waals surface area (Å²) in [6.07, 6.45) is -9.83. The third-order valence-electron chi connectivity index (χ3n) is 7.27. The van der Waals surface area contributed by atoms with E-state index in [1.165, 1.54) is 20.1 Å². The van der Waals surface area contributed by atoms with Crippen molar-refractivity contribution < 1.29 is 41.1 Å². The summed E-state index contributed by atoms with van der Waals surface area (Å²) in [5, 5.41) is 25.4. The highest BCUT2D eigenvalue weighted by Gasteiger charge is 2.38. The van der Waals surface area contributed by atoms with Crippen molar-refractivity contribution in [3.63, 3.8) is 0 Å². The van der Waals surface area contributed by atoms with E-state index in [0.717, 1.165) is 17.6 Å². The summed E-state index contributed by atoms with van der Waals surface area (Å²) in [6, 6.07) is 3.16. The Bertz CT molecular complexity index is 1270. The van der Waals surface area contributed by atoms with Crippen LogP contribution in [0.2, 0.25) is 0 Å². The van der Waals surface area contributed by atoms with Gasteiger partial charge in [-0.15, -0.1) is 0 Å². The molecule has 0 fully saturated rings. The maximum absolute atomic E-state index is 13.3. The molecule has 0 saturated carbocycles. The van der Waals surface area contributed by atoms with Gasteiger partial charge in [-0.1, -0.05) is 19.4 Å². The number of nitrogens with zero attached hydrogens (tertiary/aromatic N) is 1. The fraction of sp³-hybridized carbons (Fsp3) is 0.500. The number of nitro benzene ring substituents is 1. The highest BCUT2D eigenvalue weighted by molar-refractivity contribution is 5.76. The summed E-state index contributed by atoms with van der Waals surface area (Å²) in [5.74, 6) is 0.451. The molecule has 0 aromatic heterocycles. The summed E-state index contributed by atoms with van der Waals surface area (Å²) in [6.45, 7) is 7.32. The Morgan fingerprint density at radius 1 is 1.07 bits per heavy atom. The molecule has 0 spiro atoms. The van der Waals surface area contributed by atoms with Gasteiger partial charge in [-0.3, -0.25) is 10.1 Å². The molecule has 6 nitrogen and oxygen atoms in total. The number of ether oxygens (including phenoxy) is 1. The number of benzene rings is 2. The van der Waals surface area contributed by atoms with Crippen LogP contribution in [0.15, 0.2) is 35.9 Å². The fourth-order valence-corrected chi connectivity index (χ4v) is 5.01. The number of aryl methyl sites for hydroxylation is 1. The minimum absolute atomic E-state index is 0.0175. The van der Waals surface area contributed by atoms with Gasteiger partial charge in [0.15, 0.2) is 0 Å². The molecule has 1 aliphatic rings. The number of allylic oxidation sites excluding steroid dienone is 1. The molecule has 220 valence electrons. The number of aliphatic hydroxyl groups is 1. The summed E-state index contributed by atoms with van der Waals surface area (Å²) in [5.41, 5.74) is -1.09. The molecular weight excluding hydrogens is 542 g/mol. The summed E-state index contributed by atoms with van der Waals surface area (Å²) < 4.78 is 85.4. The number of rotatable bonds is 8. The lowest BCUT2D eigenvalue weighted by Gasteiger charge is -2.35. The topological polar surface area (TPSA) is 84.6 Å². The van der Waals surface area contributed by atoms with Gasteiger partial charge in [-0.05, 0) is 73.9 Å². The molecule has 0 aliphatic heterocycles. The van der Waals surface area contributed by atoms with Crippen molar-refractivity contribution in [2.45, 2.75) is 71.5 Å². The smallest absolute Gasteiger partial charge is 0.416 e. The van der Waals surface area contributed by atoms with E-state index in [1.807, 2.05) is 0 Å². The molecule has 0 bridgehead atoms. The van der Waals surface area contributed by atoms with Crippen LogP contribution in [0.5, 0.6) is 5.75 Å². The standard InChI is InChI=1S/C28H32F6N2O4/c1-15-8-24(40-5)22(12-23(15)36(38)39)21-6-7-26(3,4)13-18(21)14-35-16(2)25(37)17-9-19(27(29,30)31)11-20(10-17)28(32,33)34/h8-12,16,25,35,37H,6-7,13-14H2,1-5H3/t16-,25-/m0/s1. The number of alkyl halides is 6. The van der Waals surface area contributed by atoms with E-state index in [4.69, 9.17) is 4.74 Å². The van der Waals surface area contributed by atoms with Crippen LogP contribution in [0.1, 0.15) is 74.0 Å². The first kappa shape index (κ1) is 31.4. The summed E-state index contributed by atoms with van der Waals surface area (Å²) >= 11 is 0. The number of halogens is 6. The Hall–Kier alpha value is -3.12. The molecule has 2 aromatic carbocycles. The Kier molecular flexibility index (Phi) is 8.95. The average Bonchev–Trinajstić information content (AvgIpc) is 2.84. The minimum Gasteiger partial charge on any atom is -0.496 e. The molecule has 0 radical (unpaired) electrons. The van der Waals surface area contributed by atoms with Crippen LogP contribution in [0.3, 0.4) is 0 Å². The van der Waals surface area contributed by atoms with E-state index >= 15 is 0 Å². The molecule has 40 heavy (non-hydrogen) atoms. The molecule has 2 aromatic rings. The number of aliphatic hydroxyl groups excluding tert-OH is 1. The highest BCUT2D eigenvalue weighted by Crippen LogP contribution is 2.45. The lowest BCUT2D eigenvalue weighted by Crippen LogP contribution is -2.35. The van der Waals surface area contributed by atoms with Crippen LogP contribution >= 0.6 is 0 Å². The maximum atomic E-state index is 13.3. The number of hydrogen-bond donors (Lipinski definition) is 2. The second-order valence-electron chi connectivity index (χ2n) is 11.0. The largest absolute Gasteiger partial charge is 0.496 e. The SMILES string of the molecule is COc1cc(C)c([N+](=O)[O-])cc1C1=C(CN[C@@H](C)[C@H](O)c2cc(C(F)(F)F)cc(C(F)(F)F)c2)CC(C)(C)CC1. The molecule has 3 rings (SSSR count). The molecule has 0 unspecified atom stereocenters. The zero-order chi connectivity index (χ0) is 30.2. The van der Waals surface area contributed by atoms with Gasteiger partial charge in [0.05, 0.1) is 29.3 Å². The second kappa shape index (κ2) is 11.4. The van der Waals surface area contributed by atoms with Crippen molar-refractivity contribution in [3.05, 3.63) is 73.8 Å². The quantitative estimate of drug-likeness (QED) is 0.192. The molecule has 1 aliphatic carbocycles. The Morgan fingerprint density at radius 2 is 1.65 bits per heavy atom. The van der Waals surface area contributed by atoms with Gasteiger partial charge in [-0.2, -0.15) is 26.3 Å². The van der Waals surface area contributed by atoms with Gasteiger partial charge < -0.3 is 15.2 Å². The van der Waals surface area contributed by atoms with E-state index in [1.54, 1.807) is 13.0 Å². The molecular formula is C28H32F6N2O4. The summed E-state index contributed by atoms with van der Waals surface area (Å²) in [7, 11) is 1.46. The van der Waals surface area contributed by atoms with Gasteiger partial charge in [0.25, 0.3) is 5.69 Å². The van der Waals surface area contributed by atoms with Crippen molar-refractivity contribution in [3.8, 4) is 5.75 Å². The van der Waals surface area contributed by atoms with Crippen LogP contribution in [-0.2, 0) is 12.4 Å². The van der Waals surface area contributed by atoms with Crippen LogP contribution < -0.4 is 10.1 Å². The van der Waals surface area contributed by atoms with E-state index in [2.05, 4.69) is 19.2 Å². The lowest BCUT2D eigenvalue weighted by molar-refractivity contribution is -0.385. The number of methoxy groups -OCH3 is 1. The first-order valence-electron chi connectivity index (χ1n) is 12.6. The second-order valence-corrected chi connectivity index (χ2v) is 11.0. The average molecular weight is 575 g/mol. The first-order chi connectivity index (χ1) is 18.3. The predicted octanol–water partition coefficient (Wildman–Crippen LogP) is 7.62. The first-order valence-corrected chi connectivity index (χ1v) is 12.6.